The van der Waals surface area contributed by atoms with Gasteiger partial charge in [-0.2, -0.15) is 0 Å². The van der Waals surface area contributed by atoms with E-state index in [0.717, 1.165) is 28.2 Å². The number of pyridine rings is 2. The quantitative estimate of drug-likeness (QED) is 0.425. The summed E-state index contributed by atoms with van der Waals surface area (Å²) in [4.78, 5) is 8.69. The zero-order valence-electron chi connectivity index (χ0n) is 12.7. The maximum Gasteiger partial charge on any atom is 0.0964 e. The lowest BCUT2D eigenvalue weighted by atomic mass is 10.1. The van der Waals surface area contributed by atoms with E-state index in [4.69, 9.17) is 0 Å². The molecule has 2 nitrogen and oxygen atoms in total. The van der Waals surface area contributed by atoms with Crippen LogP contribution in [0.4, 0.5) is 0 Å². The summed E-state index contributed by atoms with van der Waals surface area (Å²) in [6.45, 7) is 0. The Labute approximate surface area is 135 Å². The van der Waals surface area contributed by atoms with Gasteiger partial charge in [-0.3, -0.25) is 9.97 Å². The molecule has 0 atom stereocenters. The molecule has 2 heteroatoms. The lowest BCUT2D eigenvalue weighted by Crippen LogP contribution is -1.83. The molecule has 0 saturated carbocycles. The minimum atomic E-state index is 0.977. The molecular formula is C21H16N2. The highest BCUT2D eigenvalue weighted by molar-refractivity contribution is 6.02. The number of aromatic nitrogens is 2. The van der Waals surface area contributed by atoms with E-state index < -0.39 is 0 Å². The van der Waals surface area contributed by atoms with Crippen LogP contribution in [-0.2, 0) is 6.42 Å². The molecule has 0 unspecified atom stereocenters. The number of allylic oxidation sites excluding steroid dienone is 1. The smallest absolute Gasteiger partial charge is 0.0964 e. The van der Waals surface area contributed by atoms with Crippen LogP contribution in [0.1, 0.15) is 11.1 Å². The standard InChI is InChI=1S/C12H8N2.C9H8/c1-3-9-5-6-10-4-2-8-14-12(10)11(9)13-7-1;1-2-5-9-7-3-6-8(9)4-1/h1-8H;1-6H,7H2. The predicted octanol–water partition coefficient (Wildman–Crippen LogP) is 5.04. The Kier molecular flexibility index (Phi) is 3.57. The summed E-state index contributed by atoms with van der Waals surface area (Å²) >= 11 is 0. The average Bonchev–Trinajstić information content (AvgIpc) is 3.11. The van der Waals surface area contributed by atoms with Gasteiger partial charge in [0.2, 0.25) is 0 Å². The van der Waals surface area contributed by atoms with E-state index in [1.54, 1.807) is 12.4 Å². The first-order chi connectivity index (χ1) is 11.4. The molecule has 1 aliphatic rings. The molecule has 2 aromatic heterocycles. The molecule has 2 aromatic carbocycles. The second-order valence-electron chi connectivity index (χ2n) is 5.52. The van der Waals surface area contributed by atoms with Gasteiger partial charge in [0, 0.05) is 23.2 Å². The van der Waals surface area contributed by atoms with Gasteiger partial charge in [-0.05, 0) is 29.7 Å². The van der Waals surface area contributed by atoms with E-state index in [2.05, 4.69) is 70.7 Å². The van der Waals surface area contributed by atoms with Crippen molar-refractivity contribution in [3.8, 4) is 0 Å². The molecule has 23 heavy (non-hydrogen) atoms. The zero-order valence-corrected chi connectivity index (χ0v) is 12.7. The van der Waals surface area contributed by atoms with Crippen LogP contribution >= 0.6 is 0 Å². The largest absolute Gasteiger partial charge is 0.254 e. The summed E-state index contributed by atoms with van der Waals surface area (Å²) in [5.41, 5.74) is 4.80. The molecule has 0 radical (unpaired) electrons. The number of hydrogen-bond donors (Lipinski definition) is 0. The third-order valence-corrected chi connectivity index (χ3v) is 4.03. The molecule has 0 amide bonds. The van der Waals surface area contributed by atoms with E-state index in [1.165, 1.54) is 11.1 Å². The first-order valence-corrected chi connectivity index (χ1v) is 7.75. The average molecular weight is 296 g/mol. The van der Waals surface area contributed by atoms with E-state index in [1.807, 2.05) is 12.1 Å². The lowest BCUT2D eigenvalue weighted by Gasteiger charge is -2.00. The Morgan fingerprint density at radius 2 is 1.30 bits per heavy atom. The van der Waals surface area contributed by atoms with E-state index in [-0.39, 0.29) is 0 Å². The van der Waals surface area contributed by atoms with Gasteiger partial charge in [0.05, 0.1) is 11.0 Å². The third kappa shape index (κ3) is 2.71. The van der Waals surface area contributed by atoms with Crippen molar-refractivity contribution in [1.29, 1.82) is 0 Å². The highest BCUT2D eigenvalue weighted by atomic mass is 14.7. The van der Waals surface area contributed by atoms with Crippen molar-refractivity contribution in [3.63, 3.8) is 0 Å². The zero-order chi connectivity index (χ0) is 15.5. The summed E-state index contributed by atoms with van der Waals surface area (Å²) in [6.07, 6.45) is 9.10. The SMILES string of the molecule is C1=Cc2ccccc2C1.c1cnc2c(c1)ccc1cccnc12. The first-order valence-electron chi connectivity index (χ1n) is 7.75. The van der Waals surface area contributed by atoms with Crippen LogP contribution in [0.25, 0.3) is 27.9 Å². The maximum atomic E-state index is 4.35. The molecule has 4 aromatic rings. The van der Waals surface area contributed by atoms with Crippen LogP contribution in [0.2, 0.25) is 0 Å². The molecule has 2 heterocycles. The Morgan fingerprint density at radius 1 is 0.652 bits per heavy atom. The van der Waals surface area contributed by atoms with E-state index in [0.29, 0.717) is 0 Å². The molecule has 0 fully saturated rings. The van der Waals surface area contributed by atoms with Crippen molar-refractivity contribution in [2.75, 3.05) is 0 Å². The van der Waals surface area contributed by atoms with Crippen LogP contribution in [0.3, 0.4) is 0 Å². The Morgan fingerprint density at radius 3 is 1.96 bits per heavy atom. The fraction of sp³-hybridized carbons (Fsp3) is 0.0476. The molecule has 5 rings (SSSR count). The van der Waals surface area contributed by atoms with Crippen molar-refractivity contribution in [2.45, 2.75) is 6.42 Å². The fourth-order valence-electron chi connectivity index (χ4n) is 2.88. The lowest BCUT2D eigenvalue weighted by molar-refractivity contribution is 1.31. The van der Waals surface area contributed by atoms with Gasteiger partial charge in [-0.15, -0.1) is 0 Å². The minimum absolute atomic E-state index is 0.977. The van der Waals surface area contributed by atoms with Gasteiger partial charge >= 0.3 is 0 Å². The topological polar surface area (TPSA) is 25.8 Å². The van der Waals surface area contributed by atoms with Crippen molar-refractivity contribution in [1.82, 2.24) is 9.97 Å². The van der Waals surface area contributed by atoms with Crippen molar-refractivity contribution in [3.05, 3.63) is 90.3 Å². The van der Waals surface area contributed by atoms with Crippen molar-refractivity contribution >= 4 is 27.9 Å². The predicted molar refractivity (Wildman–Crippen MR) is 96.2 cm³/mol. The molecule has 0 bridgehead atoms. The van der Waals surface area contributed by atoms with Gasteiger partial charge in [0.25, 0.3) is 0 Å². The molecule has 0 spiro atoms. The van der Waals surface area contributed by atoms with Gasteiger partial charge in [0.15, 0.2) is 0 Å². The van der Waals surface area contributed by atoms with Crippen LogP contribution in [0.5, 0.6) is 0 Å². The van der Waals surface area contributed by atoms with Gasteiger partial charge in [-0.1, -0.05) is 60.7 Å². The molecule has 110 valence electrons. The Balaban J connectivity index is 0.000000130. The summed E-state index contributed by atoms with van der Waals surface area (Å²) in [5, 5.41) is 2.28. The normalized spacial score (nSPS) is 12.0. The maximum absolute atomic E-state index is 4.35. The number of rotatable bonds is 0. The number of benzene rings is 2. The second-order valence-corrected chi connectivity index (χ2v) is 5.52. The van der Waals surface area contributed by atoms with Crippen LogP contribution < -0.4 is 0 Å². The number of nitrogens with zero attached hydrogens (tertiary/aromatic N) is 2. The minimum Gasteiger partial charge on any atom is -0.254 e. The molecule has 1 aliphatic carbocycles. The summed E-state index contributed by atoms with van der Waals surface area (Å²) in [7, 11) is 0. The number of fused-ring (bicyclic) bond motifs is 4. The second kappa shape index (κ2) is 6.01. The molecule has 0 aliphatic heterocycles. The number of hydrogen-bond acceptors (Lipinski definition) is 2. The highest BCUT2D eigenvalue weighted by Gasteiger charge is 2.01. The summed E-state index contributed by atoms with van der Waals surface area (Å²) < 4.78 is 0. The summed E-state index contributed by atoms with van der Waals surface area (Å²) in [6, 6.07) is 20.6. The highest BCUT2D eigenvalue weighted by Crippen LogP contribution is 2.20. The van der Waals surface area contributed by atoms with Crippen LogP contribution in [0, 0.1) is 0 Å². The van der Waals surface area contributed by atoms with Gasteiger partial charge in [-0.25, -0.2) is 0 Å². The van der Waals surface area contributed by atoms with Crippen LogP contribution in [-0.4, -0.2) is 9.97 Å². The van der Waals surface area contributed by atoms with E-state index >= 15 is 0 Å². The first kappa shape index (κ1) is 13.6. The monoisotopic (exact) mass is 296 g/mol. The van der Waals surface area contributed by atoms with E-state index in [9.17, 15) is 0 Å². The van der Waals surface area contributed by atoms with Crippen molar-refractivity contribution < 1.29 is 0 Å². The molecule has 0 N–H and O–H groups in total. The molecular weight excluding hydrogens is 280 g/mol. The Hall–Kier alpha value is -3.00. The van der Waals surface area contributed by atoms with Crippen LogP contribution in [0.15, 0.2) is 79.1 Å². The van der Waals surface area contributed by atoms with Gasteiger partial charge in [0.1, 0.15) is 0 Å². The summed E-state index contributed by atoms with van der Waals surface area (Å²) in [5.74, 6) is 0. The van der Waals surface area contributed by atoms with Gasteiger partial charge < -0.3 is 0 Å². The molecule has 0 saturated heterocycles. The van der Waals surface area contributed by atoms with Crippen molar-refractivity contribution in [2.24, 2.45) is 0 Å². The Bertz CT molecular complexity index is 948. The third-order valence-electron chi connectivity index (χ3n) is 4.03. The fourth-order valence-corrected chi connectivity index (χ4v) is 2.88.